The second-order valence-electron chi connectivity index (χ2n) is 5.04. The van der Waals surface area contributed by atoms with Crippen molar-refractivity contribution in [1.82, 2.24) is 0 Å². The minimum atomic E-state index is 0.217. The van der Waals surface area contributed by atoms with E-state index in [1.54, 1.807) is 0 Å². The first-order valence-corrected chi connectivity index (χ1v) is 6.31. The highest BCUT2D eigenvalue weighted by atomic mass is 32.2. The van der Waals surface area contributed by atoms with Crippen LogP contribution in [-0.4, -0.2) is 22.2 Å². The summed E-state index contributed by atoms with van der Waals surface area (Å²) >= 11 is 1.94. The number of aryl methyl sites for hydroxylation is 1. The van der Waals surface area contributed by atoms with Gasteiger partial charge < -0.3 is 0 Å². The van der Waals surface area contributed by atoms with Crippen molar-refractivity contribution in [2.45, 2.75) is 38.1 Å². The molecule has 0 unspecified atom stereocenters. The van der Waals surface area contributed by atoms with Gasteiger partial charge in [0.1, 0.15) is 0 Å². The Kier molecular flexibility index (Phi) is 2.63. The van der Waals surface area contributed by atoms with Crippen LogP contribution in [0.3, 0.4) is 0 Å². The Morgan fingerprint density at radius 3 is 2.67 bits per heavy atom. The van der Waals surface area contributed by atoms with E-state index in [0.29, 0.717) is 0 Å². The Hall–Kier alpha value is -0.760. The fraction of sp³-hybridized carbons (Fsp3) is 0.462. The van der Waals surface area contributed by atoms with E-state index in [0.717, 1.165) is 5.88 Å². The maximum Gasteiger partial charge on any atom is 0.193 e. The zero-order chi connectivity index (χ0) is 11.1. The number of thioether (sulfide) groups is 1. The van der Waals surface area contributed by atoms with Gasteiger partial charge in [-0.2, -0.15) is 0 Å². The molecule has 1 aromatic rings. The molecule has 0 spiro atoms. The largest absolute Gasteiger partial charge is 0.221 e. The third-order valence-electron chi connectivity index (χ3n) is 2.75. The number of rotatable bonds is 0. The average Bonchev–Trinajstić information content (AvgIpc) is 2.16. The highest BCUT2D eigenvalue weighted by molar-refractivity contribution is 7.99. The van der Waals surface area contributed by atoms with Crippen LogP contribution in [-0.2, 0) is 0 Å². The summed E-state index contributed by atoms with van der Waals surface area (Å²) in [4.78, 5) is 1.44. The molecule has 1 heterocycles. The van der Waals surface area contributed by atoms with Gasteiger partial charge in [0.2, 0.25) is 0 Å². The van der Waals surface area contributed by atoms with Crippen LogP contribution in [0.15, 0.2) is 23.1 Å². The second-order valence-corrected chi connectivity index (χ2v) is 5.99. The van der Waals surface area contributed by atoms with E-state index in [9.17, 15) is 0 Å². The van der Waals surface area contributed by atoms with Crippen LogP contribution in [0.4, 0.5) is 0 Å². The van der Waals surface area contributed by atoms with E-state index in [1.807, 2.05) is 11.8 Å². The van der Waals surface area contributed by atoms with Gasteiger partial charge in [0.25, 0.3) is 0 Å². The van der Waals surface area contributed by atoms with E-state index in [4.69, 9.17) is 0 Å². The van der Waals surface area contributed by atoms with Crippen molar-refractivity contribution in [3.8, 4) is 0 Å². The van der Waals surface area contributed by atoms with Gasteiger partial charge in [-0.15, -0.1) is 0 Å². The number of hydrogen-bond acceptors (Lipinski definition) is 1. The van der Waals surface area contributed by atoms with Crippen molar-refractivity contribution in [1.29, 1.82) is 0 Å². The van der Waals surface area contributed by atoms with Crippen molar-refractivity contribution in [3.05, 3.63) is 29.3 Å². The molecule has 0 atom stereocenters. The summed E-state index contributed by atoms with van der Waals surface area (Å²) in [5, 5.41) is 0. The van der Waals surface area contributed by atoms with Crippen molar-refractivity contribution in [2.24, 2.45) is 0 Å². The number of hydrogen-bond donors (Lipinski definition) is 0. The molecule has 0 radical (unpaired) electrons. The summed E-state index contributed by atoms with van der Waals surface area (Å²) < 4.78 is 2.40. The Bertz CT molecular complexity index is 413. The van der Waals surface area contributed by atoms with Crippen LogP contribution >= 0.6 is 11.8 Å². The van der Waals surface area contributed by atoms with Gasteiger partial charge in [-0.3, -0.25) is 0 Å². The minimum absolute atomic E-state index is 0.217. The molecule has 0 aliphatic carbocycles. The molecule has 1 aliphatic rings. The Balaban J connectivity index is 2.47. The maximum absolute atomic E-state index is 2.40. The van der Waals surface area contributed by atoms with Gasteiger partial charge in [-0.1, -0.05) is 23.9 Å². The predicted molar refractivity (Wildman–Crippen MR) is 67.1 cm³/mol. The normalized spacial score (nSPS) is 15.9. The molecule has 1 aliphatic heterocycles. The van der Waals surface area contributed by atoms with Crippen LogP contribution in [0.5, 0.6) is 0 Å². The molecule has 1 nitrogen and oxygen atoms in total. The van der Waals surface area contributed by atoms with Crippen LogP contribution in [0.25, 0.3) is 0 Å². The van der Waals surface area contributed by atoms with Gasteiger partial charge >= 0.3 is 0 Å². The molecule has 0 fully saturated rings. The van der Waals surface area contributed by atoms with Crippen molar-refractivity contribution in [3.63, 3.8) is 0 Å². The lowest BCUT2D eigenvalue weighted by molar-refractivity contribution is -0.575. The maximum atomic E-state index is 2.40. The summed E-state index contributed by atoms with van der Waals surface area (Å²) in [5.74, 6) is 1.06. The van der Waals surface area contributed by atoms with Gasteiger partial charge in [0.15, 0.2) is 17.6 Å². The smallest absolute Gasteiger partial charge is 0.193 e. The highest BCUT2D eigenvalue weighted by Gasteiger charge is 2.27. The van der Waals surface area contributed by atoms with E-state index in [-0.39, 0.29) is 5.54 Å². The highest BCUT2D eigenvalue weighted by Crippen LogP contribution is 2.30. The number of fused-ring (bicyclic) bond motifs is 1. The summed E-state index contributed by atoms with van der Waals surface area (Å²) in [6.45, 7) is 8.95. The summed E-state index contributed by atoms with van der Waals surface area (Å²) in [7, 11) is 0. The number of nitrogens with zero attached hydrogens (tertiary/aromatic N) is 1. The molecular formula is C13H18NS+. The zero-order valence-corrected chi connectivity index (χ0v) is 10.7. The molecule has 0 N–H and O–H groups in total. The van der Waals surface area contributed by atoms with Gasteiger partial charge in [-0.05, 0) is 39.3 Å². The standard InChI is InChI=1S/C13H18NS/c1-10-6-5-7-11-8-14(13(2,3)4)9-15-12(10)11/h5-8H,9H2,1-4H3/q+1. The lowest BCUT2D eigenvalue weighted by Crippen LogP contribution is -2.35. The van der Waals surface area contributed by atoms with E-state index < -0.39 is 0 Å². The molecule has 80 valence electrons. The lowest BCUT2D eigenvalue weighted by atomic mass is 10.1. The molecule has 0 amide bonds. The minimum Gasteiger partial charge on any atom is -0.221 e. The van der Waals surface area contributed by atoms with Crippen LogP contribution < -0.4 is 0 Å². The van der Waals surface area contributed by atoms with Crippen molar-refractivity contribution < 1.29 is 4.58 Å². The molecule has 15 heavy (non-hydrogen) atoms. The van der Waals surface area contributed by atoms with Gasteiger partial charge in [0.05, 0.1) is 5.56 Å². The molecule has 2 heteroatoms. The molecule has 0 bridgehead atoms. The third kappa shape index (κ3) is 2.10. The molecule has 0 saturated carbocycles. The fourth-order valence-electron chi connectivity index (χ4n) is 1.70. The average molecular weight is 220 g/mol. The molecular weight excluding hydrogens is 202 g/mol. The van der Waals surface area contributed by atoms with Crippen molar-refractivity contribution >= 4 is 18.0 Å². The fourth-order valence-corrected chi connectivity index (χ4v) is 3.01. The summed E-state index contributed by atoms with van der Waals surface area (Å²) in [6.07, 6.45) is 2.29. The SMILES string of the molecule is Cc1cccc2c1SC[N+](C(C)(C)C)=C2. The first-order valence-electron chi connectivity index (χ1n) is 5.32. The van der Waals surface area contributed by atoms with Crippen LogP contribution in [0.2, 0.25) is 0 Å². The molecule has 1 aromatic carbocycles. The van der Waals surface area contributed by atoms with Gasteiger partial charge in [-0.25, -0.2) is 4.58 Å². The quantitative estimate of drug-likeness (QED) is 0.606. The van der Waals surface area contributed by atoms with E-state index in [2.05, 4.69) is 56.7 Å². The van der Waals surface area contributed by atoms with Crippen LogP contribution in [0.1, 0.15) is 31.9 Å². The first kappa shape index (κ1) is 10.7. The lowest BCUT2D eigenvalue weighted by Gasteiger charge is -2.22. The second kappa shape index (κ2) is 3.67. The van der Waals surface area contributed by atoms with Gasteiger partial charge in [0, 0.05) is 4.90 Å². The summed E-state index contributed by atoms with van der Waals surface area (Å²) in [6, 6.07) is 6.52. The molecule has 0 saturated heterocycles. The Labute approximate surface area is 96.2 Å². The van der Waals surface area contributed by atoms with E-state index in [1.165, 1.54) is 16.0 Å². The Morgan fingerprint density at radius 1 is 1.27 bits per heavy atom. The third-order valence-corrected chi connectivity index (χ3v) is 4.00. The number of benzene rings is 1. The predicted octanol–water partition coefficient (Wildman–Crippen LogP) is 3.29. The van der Waals surface area contributed by atoms with Crippen LogP contribution in [0, 0.1) is 6.92 Å². The molecule has 0 aromatic heterocycles. The monoisotopic (exact) mass is 220 g/mol. The Morgan fingerprint density at radius 2 is 2.00 bits per heavy atom. The zero-order valence-electron chi connectivity index (χ0n) is 9.87. The first-order chi connectivity index (χ1) is 6.98. The summed E-state index contributed by atoms with van der Waals surface area (Å²) in [5.41, 5.74) is 2.97. The van der Waals surface area contributed by atoms with Crippen molar-refractivity contribution in [2.75, 3.05) is 5.88 Å². The van der Waals surface area contributed by atoms with E-state index >= 15 is 0 Å². The topological polar surface area (TPSA) is 3.01 Å². The molecule has 2 rings (SSSR count).